The Morgan fingerprint density at radius 1 is 1.22 bits per heavy atom. The van der Waals surface area contributed by atoms with E-state index >= 15 is 0 Å². The van der Waals surface area contributed by atoms with Crippen molar-refractivity contribution in [2.75, 3.05) is 11.9 Å². The first-order valence-corrected chi connectivity index (χ1v) is 9.92. The number of aryl methyl sites for hydroxylation is 1. The monoisotopic (exact) mass is 447 g/mol. The van der Waals surface area contributed by atoms with Crippen LogP contribution in [0.4, 0.5) is 11.5 Å². The summed E-state index contributed by atoms with van der Waals surface area (Å²) in [5, 5.41) is 12.0. The second-order valence-electron chi connectivity index (χ2n) is 5.75. The number of anilines is 2. The number of aliphatic carboxylic acids is 1. The van der Waals surface area contributed by atoms with Gasteiger partial charge in [0, 0.05) is 16.9 Å². The minimum absolute atomic E-state index is 0.363. The lowest BCUT2D eigenvalue weighted by Crippen LogP contribution is -2.09. The molecule has 6 nitrogen and oxygen atoms in total. The Kier molecular flexibility index (Phi) is 6.08. The number of thiophene rings is 1. The Labute approximate surface area is 169 Å². The van der Waals surface area contributed by atoms with Crippen LogP contribution in [0.5, 0.6) is 5.75 Å². The second kappa shape index (κ2) is 8.49. The molecule has 0 bridgehead atoms. The predicted octanol–water partition coefficient (Wildman–Crippen LogP) is 5.05. The molecule has 1 aromatic carbocycles. The number of nitrogens with zero attached hydrogens (tertiary/aromatic N) is 2. The molecule has 0 fully saturated rings. The smallest absolute Gasteiger partial charge is 0.341 e. The van der Waals surface area contributed by atoms with E-state index < -0.39 is 5.97 Å². The summed E-state index contributed by atoms with van der Waals surface area (Å²) in [7, 11) is 0. The van der Waals surface area contributed by atoms with Gasteiger partial charge in [-0.2, -0.15) is 0 Å². The average molecular weight is 448 g/mol. The molecule has 8 heteroatoms. The van der Waals surface area contributed by atoms with E-state index in [9.17, 15) is 4.79 Å². The maximum atomic E-state index is 10.6. The molecule has 3 rings (SSSR count). The number of halogens is 1. The van der Waals surface area contributed by atoms with Crippen LogP contribution in [0.15, 0.2) is 40.2 Å². The fraction of sp³-hybridized carbons (Fsp3) is 0.211. The van der Waals surface area contributed by atoms with Crippen LogP contribution in [-0.2, 0) is 11.2 Å². The van der Waals surface area contributed by atoms with Crippen LogP contribution in [-0.4, -0.2) is 27.7 Å². The van der Waals surface area contributed by atoms with Gasteiger partial charge in [-0.25, -0.2) is 14.8 Å². The Hall–Kier alpha value is -2.45. The molecular weight excluding hydrogens is 430 g/mol. The van der Waals surface area contributed by atoms with Gasteiger partial charge in [0.25, 0.3) is 0 Å². The number of benzene rings is 1. The zero-order valence-electron chi connectivity index (χ0n) is 14.8. The van der Waals surface area contributed by atoms with E-state index in [0.29, 0.717) is 11.6 Å². The molecule has 2 heterocycles. The average Bonchev–Trinajstić information content (AvgIpc) is 3.07. The summed E-state index contributed by atoms with van der Waals surface area (Å²) < 4.78 is 6.19. The summed E-state index contributed by atoms with van der Waals surface area (Å²) >= 11 is 5.06. The molecule has 0 spiro atoms. The van der Waals surface area contributed by atoms with Crippen molar-refractivity contribution in [2.45, 2.75) is 20.3 Å². The van der Waals surface area contributed by atoms with E-state index in [1.165, 1.54) is 0 Å². The van der Waals surface area contributed by atoms with E-state index in [4.69, 9.17) is 14.8 Å². The zero-order valence-corrected chi connectivity index (χ0v) is 17.2. The highest BCUT2D eigenvalue weighted by molar-refractivity contribution is 9.11. The molecule has 3 aromatic rings. The van der Waals surface area contributed by atoms with Crippen molar-refractivity contribution in [3.8, 4) is 16.5 Å². The number of hydrogen-bond acceptors (Lipinski definition) is 6. The molecule has 0 amide bonds. The molecule has 27 heavy (non-hydrogen) atoms. The van der Waals surface area contributed by atoms with Crippen LogP contribution in [0.2, 0.25) is 0 Å². The summed E-state index contributed by atoms with van der Waals surface area (Å²) in [4.78, 5) is 20.9. The zero-order chi connectivity index (χ0) is 19.4. The van der Waals surface area contributed by atoms with Gasteiger partial charge in [0.2, 0.25) is 0 Å². The van der Waals surface area contributed by atoms with E-state index in [1.807, 2.05) is 31.2 Å². The van der Waals surface area contributed by atoms with Gasteiger partial charge in [0.05, 0.1) is 8.66 Å². The van der Waals surface area contributed by atoms with Crippen LogP contribution in [0, 0.1) is 6.92 Å². The van der Waals surface area contributed by atoms with E-state index in [-0.39, 0.29) is 6.61 Å². The summed E-state index contributed by atoms with van der Waals surface area (Å²) in [6.07, 6.45) is 0.808. The highest BCUT2D eigenvalue weighted by atomic mass is 79.9. The van der Waals surface area contributed by atoms with Gasteiger partial charge in [-0.05, 0) is 65.7 Å². The highest BCUT2D eigenvalue weighted by Gasteiger charge is 2.13. The minimum Gasteiger partial charge on any atom is -0.482 e. The van der Waals surface area contributed by atoms with E-state index in [0.717, 1.165) is 37.8 Å². The molecule has 2 aromatic heterocycles. The number of nitrogens with one attached hydrogen (secondary N) is 1. The number of ether oxygens (including phenoxy) is 1. The number of aromatic nitrogens is 2. The summed E-state index contributed by atoms with van der Waals surface area (Å²) in [6, 6.07) is 11.1. The summed E-state index contributed by atoms with van der Waals surface area (Å²) in [6.45, 7) is 3.69. The predicted molar refractivity (Wildman–Crippen MR) is 110 cm³/mol. The molecular formula is C19H18BrN3O3S. The quantitative estimate of drug-likeness (QED) is 0.527. The first-order valence-electron chi connectivity index (χ1n) is 8.31. The third-order valence-corrected chi connectivity index (χ3v) is 5.46. The Balaban J connectivity index is 1.86. The highest BCUT2D eigenvalue weighted by Crippen LogP contribution is 2.32. The van der Waals surface area contributed by atoms with Gasteiger partial charge < -0.3 is 15.2 Å². The molecule has 0 aliphatic heterocycles. The lowest BCUT2D eigenvalue weighted by Gasteiger charge is -2.14. The summed E-state index contributed by atoms with van der Waals surface area (Å²) in [5.74, 6) is 0.948. The molecule has 0 aliphatic carbocycles. The van der Waals surface area contributed by atoms with Crippen molar-refractivity contribution in [1.29, 1.82) is 0 Å². The number of carboxylic acids is 1. The van der Waals surface area contributed by atoms with Gasteiger partial charge in [-0.3, -0.25) is 0 Å². The summed E-state index contributed by atoms with van der Waals surface area (Å²) in [5.41, 5.74) is 2.83. The third kappa shape index (κ3) is 4.84. The number of carbonyl (C=O) groups is 1. The van der Waals surface area contributed by atoms with Gasteiger partial charge in [0.15, 0.2) is 12.4 Å². The first-order chi connectivity index (χ1) is 13.0. The Bertz CT molecular complexity index is 957. The number of carboxylic acid groups (broad SMARTS) is 1. The van der Waals surface area contributed by atoms with Crippen molar-refractivity contribution in [3.05, 3.63) is 51.4 Å². The van der Waals surface area contributed by atoms with Gasteiger partial charge >= 0.3 is 5.97 Å². The topological polar surface area (TPSA) is 84.3 Å². The van der Waals surface area contributed by atoms with Gasteiger partial charge in [0.1, 0.15) is 11.6 Å². The maximum Gasteiger partial charge on any atom is 0.341 e. The maximum absolute atomic E-state index is 10.6. The Morgan fingerprint density at radius 3 is 2.56 bits per heavy atom. The molecule has 0 atom stereocenters. The van der Waals surface area contributed by atoms with Crippen molar-refractivity contribution in [3.63, 3.8) is 0 Å². The van der Waals surface area contributed by atoms with Crippen LogP contribution in [0.3, 0.4) is 0 Å². The van der Waals surface area contributed by atoms with Crippen molar-refractivity contribution in [2.24, 2.45) is 0 Å². The lowest BCUT2D eigenvalue weighted by atomic mass is 10.1. The van der Waals surface area contributed by atoms with Crippen LogP contribution < -0.4 is 10.1 Å². The van der Waals surface area contributed by atoms with Crippen molar-refractivity contribution < 1.29 is 14.6 Å². The molecule has 2 N–H and O–H groups in total. The third-order valence-electron chi connectivity index (χ3n) is 3.84. The Morgan fingerprint density at radius 2 is 1.96 bits per heavy atom. The molecule has 140 valence electrons. The number of rotatable bonds is 7. The van der Waals surface area contributed by atoms with Crippen molar-refractivity contribution >= 4 is 44.7 Å². The van der Waals surface area contributed by atoms with Crippen molar-refractivity contribution in [1.82, 2.24) is 9.97 Å². The second-order valence-corrected chi connectivity index (χ2v) is 8.21. The fourth-order valence-corrected chi connectivity index (χ4v) is 3.90. The van der Waals surface area contributed by atoms with E-state index in [1.54, 1.807) is 23.5 Å². The first kappa shape index (κ1) is 19.3. The standard InChI is InChI=1S/C19H18BrN3O3S/c1-3-14-11(2)21-19(15-8-9-16(20)27-15)23-18(14)22-12-4-6-13(7-5-12)26-10-17(24)25/h4-9H,3,10H2,1-2H3,(H,24,25)(H,21,22,23). The molecule has 0 saturated heterocycles. The largest absolute Gasteiger partial charge is 0.482 e. The lowest BCUT2D eigenvalue weighted by molar-refractivity contribution is -0.139. The SMILES string of the molecule is CCc1c(C)nc(-c2ccc(Br)s2)nc1Nc1ccc(OCC(=O)O)cc1. The normalized spacial score (nSPS) is 10.6. The molecule has 0 aliphatic rings. The van der Waals surface area contributed by atoms with Crippen LogP contribution in [0.1, 0.15) is 18.2 Å². The molecule has 0 saturated carbocycles. The fourth-order valence-electron chi connectivity index (χ4n) is 2.58. The van der Waals surface area contributed by atoms with Crippen LogP contribution in [0.25, 0.3) is 10.7 Å². The van der Waals surface area contributed by atoms with Gasteiger partial charge in [-0.15, -0.1) is 11.3 Å². The molecule has 0 unspecified atom stereocenters. The van der Waals surface area contributed by atoms with Crippen LogP contribution >= 0.6 is 27.3 Å². The van der Waals surface area contributed by atoms with Gasteiger partial charge in [-0.1, -0.05) is 6.92 Å². The number of hydrogen-bond donors (Lipinski definition) is 2. The van der Waals surface area contributed by atoms with E-state index in [2.05, 4.69) is 33.2 Å². The minimum atomic E-state index is -1.01. The molecule has 0 radical (unpaired) electrons.